The number of rotatable bonds is 18. The van der Waals surface area contributed by atoms with E-state index in [-0.39, 0.29) is 23.8 Å². The van der Waals surface area contributed by atoms with Gasteiger partial charge in [0.2, 0.25) is 11.9 Å². The molecule has 15 heteroatoms. The van der Waals surface area contributed by atoms with Crippen LogP contribution < -0.4 is 19.7 Å². The number of ether oxygens (including phenoxy) is 2. The molecule has 47 heavy (non-hydrogen) atoms. The molecule has 2 aliphatic rings. The maximum absolute atomic E-state index is 14.8. The fourth-order valence-corrected chi connectivity index (χ4v) is 5.81. The molecule has 1 aromatic carbocycles. The predicted octanol–water partition coefficient (Wildman–Crippen LogP) is 0.256. The number of halogens is 2. The summed E-state index contributed by atoms with van der Waals surface area (Å²) in [6.07, 6.45) is 0.270. The van der Waals surface area contributed by atoms with Gasteiger partial charge >= 0.3 is 0 Å². The quantitative estimate of drug-likeness (QED) is 0.120. The smallest absolute Gasteiger partial charge is 0.227 e. The lowest BCUT2D eigenvalue weighted by Crippen LogP contribution is -2.55. The first kappa shape index (κ1) is 36.6. The summed E-state index contributed by atoms with van der Waals surface area (Å²) in [5.74, 6) is -0.113. The van der Waals surface area contributed by atoms with Gasteiger partial charge in [0, 0.05) is 62.9 Å². The molecule has 2 aromatic rings. The number of carbonyl (C=O) groups is 1. The van der Waals surface area contributed by atoms with E-state index in [1.165, 1.54) is 4.90 Å². The minimum atomic E-state index is -1.71. The van der Waals surface area contributed by atoms with Crippen molar-refractivity contribution in [1.29, 1.82) is 0 Å². The molecule has 6 N–H and O–H groups in total. The predicted molar refractivity (Wildman–Crippen MR) is 167 cm³/mol. The van der Waals surface area contributed by atoms with E-state index in [0.717, 1.165) is 50.9 Å². The third-order valence-electron chi connectivity index (χ3n) is 8.71. The Bertz CT molecular complexity index is 1240. The Morgan fingerprint density at radius 3 is 2.23 bits per heavy atom. The van der Waals surface area contributed by atoms with Crippen LogP contribution in [0.15, 0.2) is 24.5 Å². The number of aliphatic hydroxyl groups excluding tert-OH is 5. The van der Waals surface area contributed by atoms with Gasteiger partial charge in [-0.25, -0.2) is 18.7 Å². The maximum atomic E-state index is 14.8. The second kappa shape index (κ2) is 17.8. The summed E-state index contributed by atoms with van der Waals surface area (Å²) in [7, 11) is 0. The lowest BCUT2D eigenvalue weighted by atomic mass is 9.92. The molecule has 262 valence electrons. The van der Waals surface area contributed by atoms with E-state index in [4.69, 9.17) is 14.6 Å². The van der Waals surface area contributed by atoms with Crippen molar-refractivity contribution in [3.05, 3.63) is 41.7 Å². The van der Waals surface area contributed by atoms with Gasteiger partial charge in [-0.2, -0.15) is 0 Å². The average molecular weight is 668 g/mol. The van der Waals surface area contributed by atoms with Crippen LogP contribution >= 0.6 is 0 Å². The fraction of sp³-hybridized carbons (Fsp3) is 0.656. The monoisotopic (exact) mass is 667 g/mol. The number of nitrogens with zero attached hydrogens (tertiary/aromatic N) is 4. The molecule has 1 aromatic heterocycles. The zero-order chi connectivity index (χ0) is 33.9. The lowest BCUT2D eigenvalue weighted by molar-refractivity contribution is -0.136. The Morgan fingerprint density at radius 1 is 0.979 bits per heavy atom. The van der Waals surface area contributed by atoms with E-state index in [1.54, 1.807) is 12.4 Å². The number of benzene rings is 1. The standard InChI is InChI=1S/C32H47F2N5O8/c1-2-46-23-14-36-32(37-15-23)38-7-5-20(6-8-38)4-3-9-47-22-10-25(33)24(26(34)11-22)12-29(43)39-17-21(18-39)13-35-16-27(41)30(44)31(45)28(42)19-40/h10-11,14-15,20-21,27-28,30-31,35,40-42,44-45H,2-9,12-13,16-19H2,1H3. The molecular weight excluding hydrogens is 620 g/mol. The number of hydrogen-bond donors (Lipinski definition) is 6. The average Bonchev–Trinajstić information content (AvgIpc) is 3.05. The normalized spacial score (nSPS) is 18.4. The van der Waals surface area contributed by atoms with E-state index >= 15 is 0 Å². The van der Waals surface area contributed by atoms with E-state index in [9.17, 15) is 34.0 Å². The highest BCUT2D eigenvalue weighted by atomic mass is 19.1. The molecule has 0 bridgehead atoms. The van der Waals surface area contributed by atoms with Gasteiger partial charge in [0.25, 0.3) is 0 Å². The highest BCUT2D eigenvalue weighted by molar-refractivity contribution is 5.79. The molecule has 2 fully saturated rings. The van der Waals surface area contributed by atoms with Gasteiger partial charge in [0.15, 0.2) is 5.75 Å². The van der Waals surface area contributed by atoms with Crippen molar-refractivity contribution in [2.45, 2.75) is 63.4 Å². The second-order valence-corrected chi connectivity index (χ2v) is 12.2. The molecule has 4 rings (SSSR count). The molecule has 3 heterocycles. The SMILES string of the molecule is CCOc1cnc(N2CCC(CCCOc3cc(F)c(CC(=O)N4CC(CNCC(O)C(O)C(O)C(O)CO)C4)c(F)c3)CC2)nc1. The largest absolute Gasteiger partial charge is 0.493 e. The van der Waals surface area contributed by atoms with Gasteiger partial charge < -0.3 is 50.1 Å². The Hall–Kier alpha value is -3.21. The third-order valence-corrected chi connectivity index (χ3v) is 8.71. The summed E-state index contributed by atoms with van der Waals surface area (Å²) in [5, 5.41) is 50.7. The first-order valence-corrected chi connectivity index (χ1v) is 16.2. The number of likely N-dealkylation sites (tertiary alicyclic amines) is 1. The van der Waals surface area contributed by atoms with Crippen molar-refractivity contribution < 1.29 is 48.6 Å². The molecule has 0 radical (unpaired) electrons. The number of hydrogen-bond acceptors (Lipinski definition) is 12. The molecule has 4 atom stereocenters. The van der Waals surface area contributed by atoms with Crippen molar-refractivity contribution in [1.82, 2.24) is 20.2 Å². The molecule has 2 saturated heterocycles. The van der Waals surface area contributed by atoms with Crippen LogP contribution in [0.4, 0.5) is 14.7 Å². The summed E-state index contributed by atoms with van der Waals surface area (Å²) >= 11 is 0. The third kappa shape index (κ3) is 10.4. The summed E-state index contributed by atoms with van der Waals surface area (Å²) in [5.41, 5.74) is -0.312. The van der Waals surface area contributed by atoms with Crippen molar-refractivity contribution >= 4 is 11.9 Å². The van der Waals surface area contributed by atoms with Crippen molar-refractivity contribution in [3.63, 3.8) is 0 Å². The molecule has 0 spiro atoms. The van der Waals surface area contributed by atoms with Crippen LogP contribution in [-0.2, 0) is 11.2 Å². The van der Waals surface area contributed by atoms with Crippen molar-refractivity contribution in [2.75, 3.05) is 64.0 Å². The Labute approximate surface area is 273 Å². The number of aromatic nitrogens is 2. The van der Waals surface area contributed by atoms with Crippen molar-refractivity contribution in [2.24, 2.45) is 11.8 Å². The van der Waals surface area contributed by atoms with E-state index < -0.39 is 55.0 Å². The highest BCUT2D eigenvalue weighted by Crippen LogP contribution is 2.26. The van der Waals surface area contributed by atoms with Gasteiger partial charge in [0.05, 0.1) is 44.7 Å². The maximum Gasteiger partial charge on any atom is 0.227 e. The zero-order valence-corrected chi connectivity index (χ0v) is 26.7. The van der Waals surface area contributed by atoms with Crippen LogP contribution in [0.25, 0.3) is 0 Å². The minimum Gasteiger partial charge on any atom is -0.493 e. The number of carbonyl (C=O) groups excluding carboxylic acids is 1. The van der Waals surface area contributed by atoms with Gasteiger partial charge in [-0.1, -0.05) is 0 Å². The van der Waals surface area contributed by atoms with E-state index in [0.29, 0.717) is 50.5 Å². The first-order chi connectivity index (χ1) is 22.6. The van der Waals surface area contributed by atoms with E-state index in [1.807, 2.05) is 6.92 Å². The number of piperidine rings is 1. The number of nitrogens with one attached hydrogen (secondary N) is 1. The molecule has 2 aliphatic heterocycles. The Morgan fingerprint density at radius 2 is 1.62 bits per heavy atom. The molecule has 4 unspecified atom stereocenters. The minimum absolute atomic E-state index is 0.0292. The molecule has 13 nitrogen and oxygen atoms in total. The van der Waals surface area contributed by atoms with Crippen LogP contribution in [0.5, 0.6) is 11.5 Å². The molecular formula is C32H47F2N5O8. The molecule has 0 saturated carbocycles. The fourth-order valence-electron chi connectivity index (χ4n) is 5.81. The number of aliphatic hydroxyl groups is 5. The summed E-state index contributed by atoms with van der Waals surface area (Å²) in [6.45, 7) is 4.75. The topological polar surface area (TPSA) is 181 Å². The summed E-state index contributed by atoms with van der Waals surface area (Å²) in [6, 6.07) is 2.22. The summed E-state index contributed by atoms with van der Waals surface area (Å²) < 4.78 is 40.6. The second-order valence-electron chi connectivity index (χ2n) is 12.2. The van der Waals surface area contributed by atoms with Crippen LogP contribution in [-0.4, -0.2) is 130 Å². The van der Waals surface area contributed by atoms with Crippen LogP contribution in [0.1, 0.15) is 38.2 Å². The van der Waals surface area contributed by atoms with Crippen LogP contribution in [0.3, 0.4) is 0 Å². The number of amides is 1. The first-order valence-electron chi connectivity index (χ1n) is 16.2. The van der Waals surface area contributed by atoms with Gasteiger partial charge in [-0.3, -0.25) is 4.79 Å². The van der Waals surface area contributed by atoms with Gasteiger partial charge in [-0.05, 0) is 38.5 Å². The van der Waals surface area contributed by atoms with Crippen molar-refractivity contribution in [3.8, 4) is 11.5 Å². The van der Waals surface area contributed by atoms with Gasteiger partial charge in [0.1, 0.15) is 35.7 Å². The van der Waals surface area contributed by atoms with Crippen LogP contribution in [0.2, 0.25) is 0 Å². The number of anilines is 1. The lowest BCUT2D eigenvalue weighted by Gasteiger charge is -2.39. The zero-order valence-electron chi connectivity index (χ0n) is 26.7. The van der Waals surface area contributed by atoms with Crippen LogP contribution in [0, 0.1) is 23.5 Å². The summed E-state index contributed by atoms with van der Waals surface area (Å²) in [4.78, 5) is 25.1. The molecule has 1 amide bonds. The molecule has 0 aliphatic carbocycles. The highest BCUT2D eigenvalue weighted by Gasteiger charge is 2.33. The Balaban J connectivity index is 1.11. The van der Waals surface area contributed by atoms with E-state index in [2.05, 4.69) is 20.2 Å². The Kier molecular flexibility index (Phi) is 13.9. The van der Waals surface area contributed by atoms with Gasteiger partial charge in [-0.15, -0.1) is 0 Å².